The van der Waals surface area contributed by atoms with Crippen LogP contribution in [0.2, 0.25) is 0 Å². The van der Waals surface area contributed by atoms with Gasteiger partial charge in [-0.05, 0) is 25.0 Å². The molecule has 0 aliphatic heterocycles. The van der Waals surface area contributed by atoms with Crippen molar-refractivity contribution in [2.45, 2.75) is 45.0 Å². The Labute approximate surface area is 192 Å². The third-order valence-corrected chi connectivity index (χ3v) is 4.77. The molecule has 3 atom stereocenters. The van der Waals surface area contributed by atoms with E-state index in [2.05, 4.69) is 20.7 Å². The molecule has 3 amide bonds. The monoisotopic (exact) mass is 455 g/mol. The van der Waals surface area contributed by atoms with Gasteiger partial charge in [0, 0.05) is 6.42 Å². The van der Waals surface area contributed by atoms with E-state index < -0.39 is 42.0 Å². The van der Waals surface area contributed by atoms with E-state index in [1.54, 1.807) is 0 Å². The van der Waals surface area contributed by atoms with Gasteiger partial charge in [-0.2, -0.15) is 0 Å². The van der Waals surface area contributed by atoms with Crippen molar-refractivity contribution in [3.63, 3.8) is 0 Å². The van der Waals surface area contributed by atoms with E-state index in [-0.39, 0.29) is 13.0 Å². The second kappa shape index (κ2) is 12.8. The maximum absolute atomic E-state index is 12.8. The molecule has 3 N–H and O–H groups in total. The predicted molar refractivity (Wildman–Crippen MR) is 121 cm³/mol. The number of methoxy groups -OCH3 is 1. The van der Waals surface area contributed by atoms with Crippen molar-refractivity contribution in [1.29, 1.82) is 0 Å². The van der Waals surface area contributed by atoms with E-state index in [4.69, 9.17) is 4.74 Å². The molecule has 2 aromatic carbocycles. The molecule has 0 aliphatic rings. The van der Waals surface area contributed by atoms with Crippen molar-refractivity contribution < 1.29 is 28.7 Å². The molecule has 0 saturated heterocycles. The zero-order valence-corrected chi connectivity index (χ0v) is 18.9. The summed E-state index contributed by atoms with van der Waals surface area (Å²) in [6, 6.07) is 15.4. The van der Waals surface area contributed by atoms with Crippen LogP contribution >= 0.6 is 0 Å². The zero-order chi connectivity index (χ0) is 24.2. The fourth-order valence-electron chi connectivity index (χ4n) is 2.91. The maximum Gasteiger partial charge on any atom is 0.408 e. The number of hydrogen-bond donors (Lipinski definition) is 3. The molecule has 0 aliphatic carbocycles. The number of amides is 3. The van der Waals surface area contributed by atoms with E-state index in [9.17, 15) is 19.2 Å². The summed E-state index contributed by atoms with van der Waals surface area (Å²) in [6.07, 6.45) is -0.567. The van der Waals surface area contributed by atoms with Gasteiger partial charge in [0.2, 0.25) is 11.8 Å². The Morgan fingerprint density at radius 2 is 1.33 bits per heavy atom. The first kappa shape index (κ1) is 25.4. The number of ether oxygens (including phenoxy) is 2. The number of esters is 1. The standard InChI is InChI=1S/C24H29N3O6/c1-16(26-24(31)33-15-19-12-8-5-9-13-19)21(28)27-20(14-18-10-6-4-7-11-18)22(29)25-17(2)23(30)32-3/h4-13,16-17,20H,14-15H2,1-3H3,(H,25,29)(H,26,31)(H,27,28)/t16-,17-,20+/m0/s1. The lowest BCUT2D eigenvalue weighted by molar-refractivity contribution is -0.144. The molecule has 0 heterocycles. The van der Waals surface area contributed by atoms with Gasteiger partial charge in [0.25, 0.3) is 0 Å². The minimum atomic E-state index is -0.975. The van der Waals surface area contributed by atoms with Crippen LogP contribution < -0.4 is 16.0 Å². The van der Waals surface area contributed by atoms with Gasteiger partial charge in [0.05, 0.1) is 7.11 Å². The summed E-state index contributed by atoms with van der Waals surface area (Å²) >= 11 is 0. The Hall–Kier alpha value is -3.88. The number of nitrogens with one attached hydrogen (secondary N) is 3. The maximum atomic E-state index is 12.8. The molecule has 2 aromatic rings. The molecular weight excluding hydrogens is 426 g/mol. The minimum Gasteiger partial charge on any atom is -0.467 e. The van der Waals surface area contributed by atoms with Crippen LogP contribution in [0.15, 0.2) is 60.7 Å². The molecule has 0 aromatic heterocycles. The molecule has 0 bridgehead atoms. The highest BCUT2D eigenvalue weighted by molar-refractivity contribution is 5.93. The first-order chi connectivity index (χ1) is 15.8. The van der Waals surface area contributed by atoms with E-state index in [1.165, 1.54) is 21.0 Å². The summed E-state index contributed by atoms with van der Waals surface area (Å²) < 4.78 is 9.75. The van der Waals surface area contributed by atoms with Gasteiger partial charge in [0.15, 0.2) is 0 Å². The van der Waals surface area contributed by atoms with Crippen LogP contribution in [-0.2, 0) is 36.9 Å². The number of rotatable bonds is 10. The number of carbonyl (C=O) groups is 4. The molecular formula is C24H29N3O6. The van der Waals surface area contributed by atoms with Gasteiger partial charge in [0.1, 0.15) is 24.7 Å². The molecule has 0 fully saturated rings. The number of hydrogen-bond acceptors (Lipinski definition) is 6. The van der Waals surface area contributed by atoms with Crippen LogP contribution in [0.4, 0.5) is 4.79 Å². The Kier molecular flexibility index (Phi) is 9.88. The van der Waals surface area contributed by atoms with Crippen molar-refractivity contribution in [3.05, 3.63) is 71.8 Å². The number of carbonyl (C=O) groups excluding carboxylic acids is 4. The molecule has 0 spiro atoms. The van der Waals surface area contributed by atoms with Crippen LogP contribution in [0.5, 0.6) is 0 Å². The lowest BCUT2D eigenvalue weighted by Crippen LogP contribution is -2.55. The van der Waals surface area contributed by atoms with Gasteiger partial charge in [-0.1, -0.05) is 60.7 Å². The number of alkyl carbamates (subject to hydrolysis) is 1. The molecule has 33 heavy (non-hydrogen) atoms. The molecule has 0 unspecified atom stereocenters. The van der Waals surface area contributed by atoms with Crippen LogP contribution in [0.3, 0.4) is 0 Å². The molecule has 9 nitrogen and oxygen atoms in total. The largest absolute Gasteiger partial charge is 0.467 e. The lowest BCUT2D eigenvalue weighted by Gasteiger charge is -2.22. The Bertz CT molecular complexity index is 936. The fraction of sp³-hybridized carbons (Fsp3) is 0.333. The smallest absolute Gasteiger partial charge is 0.408 e. The van der Waals surface area contributed by atoms with E-state index in [0.717, 1.165) is 11.1 Å². The summed E-state index contributed by atoms with van der Waals surface area (Å²) in [5.41, 5.74) is 1.62. The second-order valence-electron chi connectivity index (χ2n) is 7.43. The Morgan fingerprint density at radius 1 is 0.758 bits per heavy atom. The third-order valence-electron chi connectivity index (χ3n) is 4.77. The fourth-order valence-corrected chi connectivity index (χ4v) is 2.91. The van der Waals surface area contributed by atoms with Crippen LogP contribution in [0.25, 0.3) is 0 Å². The summed E-state index contributed by atoms with van der Waals surface area (Å²) in [6.45, 7) is 3.02. The van der Waals surface area contributed by atoms with Gasteiger partial charge in [-0.3, -0.25) is 9.59 Å². The summed E-state index contributed by atoms with van der Waals surface area (Å²) in [5.74, 6) is -1.73. The van der Waals surface area contributed by atoms with Crippen molar-refractivity contribution >= 4 is 23.9 Å². The quantitative estimate of drug-likeness (QED) is 0.469. The second-order valence-corrected chi connectivity index (χ2v) is 7.43. The molecule has 9 heteroatoms. The molecule has 0 saturated carbocycles. The van der Waals surface area contributed by atoms with Gasteiger partial charge in [-0.15, -0.1) is 0 Å². The van der Waals surface area contributed by atoms with Crippen LogP contribution in [-0.4, -0.2) is 49.1 Å². The lowest BCUT2D eigenvalue weighted by atomic mass is 10.0. The van der Waals surface area contributed by atoms with Crippen molar-refractivity contribution in [2.24, 2.45) is 0 Å². The Morgan fingerprint density at radius 3 is 1.91 bits per heavy atom. The molecule has 176 valence electrons. The average molecular weight is 456 g/mol. The first-order valence-corrected chi connectivity index (χ1v) is 10.5. The van der Waals surface area contributed by atoms with Gasteiger partial charge < -0.3 is 25.4 Å². The van der Waals surface area contributed by atoms with Crippen LogP contribution in [0, 0.1) is 0 Å². The first-order valence-electron chi connectivity index (χ1n) is 10.5. The third kappa shape index (κ3) is 8.64. The van der Waals surface area contributed by atoms with E-state index >= 15 is 0 Å². The highest BCUT2D eigenvalue weighted by Crippen LogP contribution is 2.05. The topological polar surface area (TPSA) is 123 Å². The molecule has 2 rings (SSSR count). The Balaban J connectivity index is 1.97. The minimum absolute atomic E-state index is 0.0610. The highest BCUT2D eigenvalue weighted by atomic mass is 16.5. The number of benzene rings is 2. The summed E-state index contributed by atoms with van der Waals surface area (Å²) in [5, 5.41) is 7.61. The van der Waals surface area contributed by atoms with Crippen LogP contribution in [0.1, 0.15) is 25.0 Å². The zero-order valence-electron chi connectivity index (χ0n) is 18.9. The normalized spacial score (nSPS) is 13.1. The summed E-state index contributed by atoms with van der Waals surface area (Å²) in [4.78, 5) is 49.2. The SMILES string of the molecule is COC(=O)[C@H](C)NC(=O)[C@@H](Cc1ccccc1)NC(=O)[C@H](C)NC(=O)OCc1ccccc1. The predicted octanol–water partition coefficient (Wildman–Crippen LogP) is 1.71. The molecule has 0 radical (unpaired) electrons. The average Bonchev–Trinajstić information content (AvgIpc) is 2.82. The van der Waals surface area contributed by atoms with Crippen molar-refractivity contribution in [3.8, 4) is 0 Å². The highest BCUT2D eigenvalue weighted by Gasteiger charge is 2.27. The van der Waals surface area contributed by atoms with E-state index in [1.807, 2.05) is 60.7 Å². The van der Waals surface area contributed by atoms with Crippen molar-refractivity contribution in [1.82, 2.24) is 16.0 Å². The summed E-state index contributed by atoms with van der Waals surface area (Å²) in [7, 11) is 1.22. The van der Waals surface area contributed by atoms with Crippen molar-refractivity contribution in [2.75, 3.05) is 7.11 Å². The van der Waals surface area contributed by atoms with Gasteiger partial charge >= 0.3 is 12.1 Å². The van der Waals surface area contributed by atoms with Gasteiger partial charge in [-0.25, -0.2) is 9.59 Å². The van der Waals surface area contributed by atoms with E-state index in [0.29, 0.717) is 0 Å².